The van der Waals surface area contributed by atoms with Crippen molar-refractivity contribution in [3.63, 3.8) is 0 Å². The molecule has 0 heterocycles. The quantitative estimate of drug-likeness (QED) is 0.354. The second-order valence-electron chi connectivity index (χ2n) is 0.838. The van der Waals surface area contributed by atoms with Gasteiger partial charge < -0.3 is 44.2 Å². The molecule has 0 saturated carbocycles. The molecule has 0 radical (unpaired) electrons. The maximum Gasteiger partial charge on any atom is 2.00 e. The van der Waals surface area contributed by atoms with Crippen molar-refractivity contribution in [2.45, 2.75) is 19.6 Å². The Kier molecular flexibility index (Phi) is 75.0. The number of hydrogen-bond donors (Lipinski definition) is 0. The van der Waals surface area contributed by atoms with Crippen LogP contribution in [-0.2, 0) is 0 Å². The molecular weight excluding hydrogens is 276 g/mol. The van der Waals surface area contributed by atoms with Gasteiger partial charge in [0.05, 0.1) is 0 Å². The fourth-order valence-corrected chi connectivity index (χ4v) is 0. The first-order valence-electron chi connectivity index (χ1n) is 1.59. The van der Waals surface area contributed by atoms with Crippen molar-refractivity contribution in [3.05, 3.63) is 0 Å². The average Bonchev–Trinajstić information content (AvgIpc) is 1.38. The van der Waals surface area contributed by atoms with Crippen molar-refractivity contribution in [3.8, 4) is 0 Å². The van der Waals surface area contributed by atoms with Gasteiger partial charge in [-0.3, -0.25) is 0 Å². The molecular formula is C3H6Br2Mg2O2. The number of hydrogen-bond acceptors (Lipinski definition) is 2. The van der Waals surface area contributed by atoms with Gasteiger partial charge >= 0.3 is 46.1 Å². The minimum absolute atomic E-state index is 0. The zero-order valence-corrected chi connectivity index (χ0v) is 11.3. The predicted molar refractivity (Wildman–Crippen MR) is 25.6 cm³/mol. The van der Waals surface area contributed by atoms with Gasteiger partial charge in [-0.05, 0) is 0 Å². The largest absolute Gasteiger partial charge is 2.00 e. The Balaban J connectivity index is -0.0000000133. The molecule has 0 rings (SSSR count). The van der Waals surface area contributed by atoms with Gasteiger partial charge in [-0.25, -0.2) is 6.29 Å². The molecule has 48 valence electrons. The molecule has 0 amide bonds. The zero-order valence-electron chi connectivity index (χ0n) is 5.27. The summed E-state index contributed by atoms with van der Waals surface area (Å²) in [6.45, 7) is 1.57. The molecule has 0 fully saturated rings. The van der Waals surface area contributed by atoms with Crippen LogP contribution >= 0.6 is 0 Å². The number of halogens is 2. The van der Waals surface area contributed by atoms with Gasteiger partial charge in [0.15, 0.2) is 0 Å². The monoisotopic (exact) mass is 280 g/mol. The third-order valence-electron chi connectivity index (χ3n) is 0.333. The van der Waals surface area contributed by atoms with Crippen molar-refractivity contribution in [2.24, 2.45) is 0 Å². The third-order valence-corrected chi connectivity index (χ3v) is 0.333. The van der Waals surface area contributed by atoms with Crippen LogP contribution in [-0.4, -0.2) is 52.4 Å². The molecule has 6 heteroatoms. The molecule has 0 saturated heterocycles. The standard InChI is InChI=1S/C3H6O2.2BrH.2Mg/c1-2-3(4)5;;;;/h3H,2H2,1H3;2*1H;;/q-2;;;2*+2/p-2. The van der Waals surface area contributed by atoms with E-state index in [1.165, 1.54) is 0 Å². The first kappa shape index (κ1) is 30.1. The van der Waals surface area contributed by atoms with E-state index >= 15 is 0 Å². The Labute approximate surface area is 109 Å². The van der Waals surface area contributed by atoms with Crippen LogP contribution in [0.4, 0.5) is 0 Å². The van der Waals surface area contributed by atoms with E-state index < -0.39 is 6.29 Å². The van der Waals surface area contributed by atoms with Crippen LogP contribution in [0, 0.1) is 0 Å². The van der Waals surface area contributed by atoms with E-state index in [-0.39, 0.29) is 86.5 Å². The zero-order chi connectivity index (χ0) is 4.28. The molecule has 0 atom stereocenters. The molecule has 0 aliphatic rings. The Morgan fingerprint density at radius 2 is 1.22 bits per heavy atom. The van der Waals surface area contributed by atoms with E-state index in [1.54, 1.807) is 6.92 Å². The van der Waals surface area contributed by atoms with Crippen molar-refractivity contribution < 1.29 is 44.2 Å². The summed E-state index contributed by atoms with van der Waals surface area (Å²) in [5, 5.41) is 18.7. The molecule has 0 bridgehead atoms. The minimum Gasteiger partial charge on any atom is -1.00 e. The molecule has 0 unspecified atom stereocenters. The predicted octanol–water partition coefficient (Wildman–Crippen LogP) is -8.31. The SMILES string of the molecule is CCC([O-])[O-].[Br-].[Br-].[Mg+2].[Mg+2]. The van der Waals surface area contributed by atoms with E-state index in [1.807, 2.05) is 0 Å². The Bertz CT molecular complexity index is 31.8. The van der Waals surface area contributed by atoms with Crippen LogP contribution in [0.25, 0.3) is 0 Å². The Morgan fingerprint density at radius 3 is 1.22 bits per heavy atom. The minimum atomic E-state index is -1.62. The van der Waals surface area contributed by atoms with Crippen LogP contribution in [0.1, 0.15) is 13.3 Å². The summed E-state index contributed by atoms with van der Waals surface area (Å²) in [7, 11) is 0. The summed E-state index contributed by atoms with van der Waals surface area (Å²) >= 11 is 0. The molecule has 0 aromatic rings. The number of rotatable bonds is 1. The average molecular weight is 282 g/mol. The normalized spacial score (nSPS) is 5.33. The Morgan fingerprint density at radius 1 is 1.11 bits per heavy atom. The van der Waals surface area contributed by atoms with Gasteiger partial charge in [0.1, 0.15) is 0 Å². The van der Waals surface area contributed by atoms with E-state index in [9.17, 15) is 10.2 Å². The van der Waals surface area contributed by atoms with Crippen molar-refractivity contribution in [2.75, 3.05) is 0 Å². The topological polar surface area (TPSA) is 46.1 Å². The fourth-order valence-electron chi connectivity index (χ4n) is 0. The third kappa shape index (κ3) is 37.8. The summed E-state index contributed by atoms with van der Waals surface area (Å²) < 4.78 is 0. The van der Waals surface area contributed by atoms with E-state index in [4.69, 9.17) is 0 Å². The van der Waals surface area contributed by atoms with E-state index in [0.717, 1.165) is 0 Å². The molecule has 2 nitrogen and oxygen atoms in total. The summed E-state index contributed by atoms with van der Waals surface area (Å²) in [4.78, 5) is 0. The fraction of sp³-hybridized carbons (Fsp3) is 1.00. The van der Waals surface area contributed by atoms with Crippen molar-refractivity contribution >= 4 is 46.1 Å². The Hall–Kier alpha value is 2.41. The van der Waals surface area contributed by atoms with Crippen LogP contribution in [0.5, 0.6) is 0 Å². The molecule has 0 aliphatic carbocycles. The molecule has 0 aliphatic heterocycles. The van der Waals surface area contributed by atoms with Crippen LogP contribution < -0.4 is 44.2 Å². The summed E-state index contributed by atoms with van der Waals surface area (Å²) in [6, 6.07) is 0. The van der Waals surface area contributed by atoms with E-state index in [2.05, 4.69) is 0 Å². The van der Waals surface area contributed by atoms with Crippen molar-refractivity contribution in [1.82, 2.24) is 0 Å². The van der Waals surface area contributed by atoms with Gasteiger partial charge in [0.2, 0.25) is 0 Å². The van der Waals surface area contributed by atoms with Gasteiger partial charge in [0.25, 0.3) is 0 Å². The first-order chi connectivity index (χ1) is 2.27. The van der Waals surface area contributed by atoms with Crippen molar-refractivity contribution in [1.29, 1.82) is 0 Å². The van der Waals surface area contributed by atoms with Gasteiger partial charge in [-0.15, -0.1) is 0 Å². The van der Waals surface area contributed by atoms with Crippen LogP contribution in [0.2, 0.25) is 0 Å². The molecule has 0 N–H and O–H groups in total. The molecule has 0 aromatic heterocycles. The second-order valence-corrected chi connectivity index (χ2v) is 0.838. The van der Waals surface area contributed by atoms with Crippen LogP contribution in [0.15, 0.2) is 0 Å². The summed E-state index contributed by atoms with van der Waals surface area (Å²) in [6.07, 6.45) is -1.42. The maximum absolute atomic E-state index is 9.34. The maximum atomic E-state index is 9.34. The van der Waals surface area contributed by atoms with Gasteiger partial charge in [-0.2, -0.15) is 0 Å². The summed E-state index contributed by atoms with van der Waals surface area (Å²) in [5.41, 5.74) is 0. The van der Waals surface area contributed by atoms with Gasteiger partial charge in [-0.1, -0.05) is 13.3 Å². The van der Waals surface area contributed by atoms with Crippen LogP contribution in [0.3, 0.4) is 0 Å². The summed E-state index contributed by atoms with van der Waals surface area (Å²) in [5.74, 6) is 0. The van der Waals surface area contributed by atoms with Gasteiger partial charge in [0, 0.05) is 0 Å². The second kappa shape index (κ2) is 22.4. The molecule has 0 aromatic carbocycles. The first-order valence-corrected chi connectivity index (χ1v) is 1.59. The van der Waals surface area contributed by atoms with E-state index in [0.29, 0.717) is 0 Å². The molecule has 9 heavy (non-hydrogen) atoms. The smallest absolute Gasteiger partial charge is 1.00 e. The molecule has 0 spiro atoms.